The maximum atomic E-state index is 12.4. The van der Waals surface area contributed by atoms with E-state index in [4.69, 9.17) is 9.47 Å². The average molecular weight is 410 g/mol. The first-order chi connectivity index (χ1) is 14.5. The number of rotatable bonds is 8. The number of anilines is 1. The molecule has 2 amide bonds. The highest BCUT2D eigenvalue weighted by Gasteiger charge is 2.38. The minimum atomic E-state index is -0.577. The minimum Gasteiger partial charge on any atom is -0.492 e. The third kappa shape index (κ3) is 5.17. The lowest BCUT2D eigenvalue weighted by Gasteiger charge is -2.25. The Bertz CT molecular complexity index is 899. The Morgan fingerprint density at radius 3 is 2.57 bits per heavy atom. The van der Waals surface area contributed by atoms with Crippen LogP contribution < -0.4 is 10.1 Å². The van der Waals surface area contributed by atoms with Crippen LogP contribution >= 0.6 is 0 Å². The van der Waals surface area contributed by atoms with E-state index in [0.717, 1.165) is 5.56 Å². The zero-order valence-electron chi connectivity index (χ0n) is 17.2. The second kappa shape index (κ2) is 9.91. The lowest BCUT2D eigenvalue weighted by molar-refractivity contribution is -0.151. The summed E-state index contributed by atoms with van der Waals surface area (Å²) in [6.07, 6.45) is 0.0881. The van der Waals surface area contributed by atoms with Gasteiger partial charge in [-0.3, -0.25) is 14.4 Å². The maximum Gasteiger partial charge on any atom is 0.311 e. The summed E-state index contributed by atoms with van der Waals surface area (Å²) in [5.41, 5.74) is 1.52. The van der Waals surface area contributed by atoms with Crippen LogP contribution in [0.3, 0.4) is 0 Å². The molecule has 0 bridgehead atoms. The summed E-state index contributed by atoms with van der Waals surface area (Å²) in [6, 6.07) is 16.6. The van der Waals surface area contributed by atoms with E-state index in [1.54, 1.807) is 29.2 Å². The number of carbonyl (C=O) groups excluding carboxylic acids is 3. The molecule has 30 heavy (non-hydrogen) atoms. The number of likely N-dealkylation sites (tertiary alicyclic amines) is 1. The Labute approximate surface area is 176 Å². The molecular formula is C23H26N2O5. The first kappa shape index (κ1) is 21.4. The van der Waals surface area contributed by atoms with E-state index < -0.39 is 24.4 Å². The van der Waals surface area contributed by atoms with Crippen molar-refractivity contribution in [2.24, 2.45) is 5.92 Å². The largest absolute Gasteiger partial charge is 0.492 e. The maximum absolute atomic E-state index is 12.4. The highest BCUT2D eigenvalue weighted by molar-refractivity contribution is 5.94. The monoisotopic (exact) mass is 410 g/mol. The first-order valence-corrected chi connectivity index (χ1v) is 10.0. The smallest absolute Gasteiger partial charge is 0.311 e. The van der Waals surface area contributed by atoms with E-state index in [1.807, 2.05) is 44.2 Å². The first-order valence-electron chi connectivity index (χ1n) is 10.0. The number of nitrogens with zero attached hydrogens (tertiary/aromatic N) is 1. The summed E-state index contributed by atoms with van der Waals surface area (Å²) in [4.78, 5) is 38.7. The summed E-state index contributed by atoms with van der Waals surface area (Å²) in [7, 11) is 0. The molecule has 0 spiro atoms. The van der Waals surface area contributed by atoms with E-state index >= 15 is 0 Å². The second-order valence-electron chi connectivity index (χ2n) is 7.12. The fourth-order valence-electron chi connectivity index (χ4n) is 3.47. The molecule has 7 nitrogen and oxygen atoms in total. The highest BCUT2D eigenvalue weighted by Crippen LogP contribution is 2.29. The molecule has 1 N–H and O–H groups in total. The predicted octanol–water partition coefficient (Wildman–Crippen LogP) is 3.18. The number of hydrogen-bond acceptors (Lipinski definition) is 5. The van der Waals surface area contributed by atoms with Gasteiger partial charge in [0.25, 0.3) is 5.91 Å². The number of esters is 1. The van der Waals surface area contributed by atoms with Crippen LogP contribution in [0.2, 0.25) is 0 Å². The molecule has 7 heteroatoms. The van der Waals surface area contributed by atoms with Crippen molar-refractivity contribution >= 4 is 23.5 Å². The standard InChI is InChI=1S/C23H26N2O5/c1-3-29-20-12-8-7-11-19(20)24-21(26)15-30-23(28)18-13-22(27)25(14-18)16(2)17-9-5-4-6-10-17/h4-12,16,18H,3,13-15H2,1-2H3,(H,24,26)/t16-,18-/m0/s1. The van der Waals surface area contributed by atoms with Crippen LogP contribution in [-0.2, 0) is 19.1 Å². The quantitative estimate of drug-likeness (QED) is 0.676. The predicted molar refractivity (Wildman–Crippen MR) is 112 cm³/mol. The van der Waals surface area contributed by atoms with Crippen molar-refractivity contribution in [2.75, 3.05) is 25.1 Å². The third-order valence-electron chi connectivity index (χ3n) is 5.05. The van der Waals surface area contributed by atoms with Crippen molar-refractivity contribution in [2.45, 2.75) is 26.3 Å². The number of amides is 2. The van der Waals surface area contributed by atoms with Gasteiger partial charge in [-0.25, -0.2) is 0 Å². The molecule has 0 radical (unpaired) electrons. The number of para-hydroxylation sites is 2. The van der Waals surface area contributed by atoms with Crippen molar-refractivity contribution in [1.82, 2.24) is 4.90 Å². The van der Waals surface area contributed by atoms with Gasteiger partial charge in [-0.2, -0.15) is 0 Å². The summed E-state index contributed by atoms with van der Waals surface area (Å²) < 4.78 is 10.6. The number of carbonyl (C=O) groups is 3. The van der Waals surface area contributed by atoms with E-state index in [9.17, 15) is 14.4 Å². The fourth-order valence-corrected chi connectivity index (χ4v) is 3.47. The van der Waals surface area contributed by atoms with Gasteiger partial charge in [0.15, 0.2) is 6.61 Å². The molecule has 1 aliphatic rings. The molecule has 2 aromatic carbocycles. The Morgan fingerprint density at radius 2 is 1.83 bits per heavy atom. The van der Waals surface area contributed by atoms with Gasteiger partial charge < -0.3 is 19.7 Å². The molecule has 1 aliphatic heterocycles. The average Bonchev–Trinajstić information content (AvgIpc) is 3.15. The van der Waals surface area contributed by atoms with E-state index in [1.165, 1.54) is 0 Å². The molecule has 158 valence electrons. The van der Waals surface area contributed by atoms with Gasteiger partial charge in [-0.15, -0.1) is 0 Å². The Morgan fingerprint density at radius 1 is 1.13 bits per heavy atom. The van der Waals surface area contributed by atoms with Crippen LogP contribution in [0.25, 0.3) is 0 Å². The molecule has 0 aliphatic carbocycles. The normalized spacial score (nSPS) is 16.8. The molecule has 3 rings (SSSR count). The Kier molecular flexibility index (Phi) is 7.06. The molecular weight excluding hydrogens is 384 g/mol. The van der Waals surface area contributed by atoms with Crippen molar-refractivity contribution in [3.63, 3.8) is 0 Å². The van der Waals surface area contributed by atoms with Gasteiger partial charge in [0, 0.05) is 13.0 Å². The lowest BCUT2D eigenvalue weighted by atomic mass is 10.1. The van der Waals surface area contributed by atoms with Gasteiger partial charge in [0.2, 0.25) is 5.91 Å². The Hall–Kier alpha value is -3.35. The molecule has 1 fully saturated rings. The van der Waals surface area contributed by atoms with Crippen LogP contribution in [0, 0.1) is 5.92 Å². The van der Waals surface area contributed by atoms with Crippen LogP contribution in [-0.4, -0.2) is 42.4 Å². The molecule has 2 aromatic rings. The number of hydrogen-bond donors (Lipinski definition) is 1. The topological polar surface area (TPSA) is 84.9 Å². The summed E-state index contributed by atoms with van der Waals surface area (Å²) in [6.45, 7) is 4.12. The fraction of sp³-hybridized carbons (Fsp3) is 0.348. The lowest BCUT2D eigenvalue weighted by Crippen LogP contribution is -2.30. The molecule has 0 saturated carbocycles. The van der Waals surface area contributed by atoms with Crippen molar-refractivity contribution in [3.05, 3.63) is 60.2 Å². The summed E-state index contributed by atoms with van der Waals surface area (Å²) >= 11 is 0. The van der Waals surface area contributed by atoms with Crippen LogP contribution in [0.5, 0.6) is 5.75 Å². The molecule has 2 atom stereocenters. The Balaban J connectivity index is 1.52. The summed E-state index contributed by atoms with van der Waals surface area (Å²) in [5, 5.41) is 2.68. The van der Waals surface area contributed by atoms with Crippen molar-refractivity contribution in [3.8, 4) is 5.75 Å². The van der Waals surface area contributed by atoms with E-state index in [-0.39, 0.29) is 24.9 Å². The van der Waals surface area contributed by atoms with Gasteiger partial charge in [-0.05, 0) is 31.5 Å². The summed E-state index contributed by atoms with van der Waals surface area (Å²) in [5.74, 6) is -1.13. The van der Waals surface area contributed by atoms with Crippen LogP contribution in [0.1, 0.15) is 31.9 Å². The van der Waals surface area contributed by atoms with E-state index in [0.29, 0.717) is 18.0 Å². The molecule has 1 heterocycles. The molecule has 0 unspecified atom stereocenters. The minimum absolute atomic E-state index is 0.0881. The van der Waals surface area contributed by atoms with Gasteiger partial charge in [0.05, 0.1) is 24.3 Å². The number of nitrogens with one attached hydrogen (secondary N) is 1. The van der Waals surface area contributed by atoms with Gasteiger partial charge >= 0.3 is 5.97 Å². The zero-order chi connectivity index (χ0) is 21.5. The van der Waals surface area contributed by atoms with Crippen LogP contribution in [0.4, 0.5) is 5.69 Å². The van der Waals surface area contributed by atoms with Crippen LogP contribution in [0.15, 0.2) is 54.6 Å². The van der Waals surface area contributed by atoms with E-state index in [2.05, 4.69) is 5.32 Å². The van der Waals surface area contributed by atoms with Gasteiger partial charge in [0.1, 0.15) is 5.75 Å². The second-order valence-corrected chi connectivity index (χ2v) is 7.12. The van der Waals surface area contributed by atoms with Crippen molar-refractivity contribution in [1.29, 1.82) is 0 Å². The number of ether oxygens (including phenoxy) is 2. The SMILES string of the molecule is CCOc1ccccc1NC(=O)COC(=O)[C@H]1CC(=O)N([C@@H](C)c2ccccc2)C1. The molecule has 1 saturated heterocycles. The number of benzene rings is 2. The highest BCUT2D eigenvalue weighted by atomic mass is 16.5. The third-order valence-corrected chi connectivity index (χ3v) is 5.05. The van der Waals surface area contributed by atoms with Gasteiger partial charge in [-0.1, -0.05) is 42.5 Å². The zero-order valence-corrected chi connectivity index (χ0v) is 17.2. The van der Waals surface area contributed by atoms with Crippen molar-refractivity contribution < 1.29 is 23.9 Å². The molecule has 0 aromatic heterocycles.